The number of pyridine rings is 1. The van der Waals surface area contributed by atoms with Crippen LogP contribution in [-0.4, -0.2) is 24.3 Å². The number of hydrogen-bond acceptors (Lipinski definition) is 1. The van der Waals surface area contributed by atoms with Crippen LogP contribution in [0.15, 0.2) is 83.5 Å². The topological polar surface area (TPSA) is 17.3 Å². The number of halogens is 1. The predicted octanol–water partition coefficient (Wildman–Crippen LogP) is 3.42. The zero-order chi connectivity index (χ0) is 15.6. The van der Waals surface area contributed by atoms with Crippen molar-refractivity contribution in [3.8, 4) is 11.3 Å². The molecule has 0 atom stereocenters. The van der Waals surface area contributed by atoms with Crippen LogP contribution in [0.1, 0.15) is 0 Å². The van der Waals surface area contributed by atoms with Crippen molar-refractivity contribution in [2.45, 2.75) is 0 Å². The average molecular weight is 428 g/mol. The Hall–Kier alpha value is -1.87. The Morgan fingerprint density at radius 2 is 1.52 bits per heavy atom. The van der Waals surface area contributed by atoms with Crippen molar-refractivity contribution in [3.63, 3.8) is 0 Å². The molecule has 0 fully saturated rings. The number of fused-ring (bicyclic) bond motifs is 1. The Labute approximate surface area is 149 Å². The van der Waals surface area contributed by atoms with E-state index in [9.17, 15) is 0 Å². The van der Waals surface area contributed by atoms with Gasteiger partial charge in [0.2, 0.25) is 0 Å². The predicted molar refractivity (Wildman–Crippen MR) is 99.8 cm³/mol. The van der Waals surface area contributed by atoms with Gasteiger partial charge in [0.05, 0.1) is 0 Å². The van der Waals surface area contributed by atoms with Crippen molar-refractivity contribution in [2.75, 3.05) is 0 Å². The fourth-order valence-corrected chi connectivity index (χ4v) is 4.96. The molecule has 2 aromatic carbocycles. The summed E-state index contributed by atoms with van der Waals surface area (Å²) < 4.78 is 5.89. The summed E-state index contributed by atoms with van der Waals surface area (Å²) >= 11 is 3.76. The molecule has 0 radical (unpaired) electrons. The Morgan fingerprint density at radius 3 is 2.26 bits per heavy atom. The summed E-state index contributed by atoms with van der Waals surface area (Å²) in [4.78, 5) is 4.88. The van der Waals surface area contributed by atoms with E-state index in [1.54, 1.807) is 0 Å². The van der Waals surface area contributed by atoms with Gasteiger partial charge in [0.1, 0.15) is 0 Å². The molecule has 0 aliphatic heterocycles. The van der Waals surface area contributed by atoms with Crippen LogP contribution in [0.2, 0.25) is 0 Å². The number of hydrogen-bond donors (Lipinski definition) is 0. The monoisotopic (exact) mass is 428 g/mol. The average Bonchev–Trinajstić information content (AvgIpc) is 2.95. The molecule has 2 aromatic heterocycles. The third-order valence-corrected chi connectivity index (χ3v) is 6.30. The summed E-state index contributed by atoms with van der Waals surface area (Å²) in [6.07, 6.45) is 2.11. The van der Waals surface area contributed by atoms with Gasteiger partial charge < -0.3 is 0 Å². The Bertz CT molecular complexity index is 949. The Balaban J connectivity index is 1.93. The summed E-state index contributed by atoms with van der Waals surface area (Å²) in [5, 5.41) is 0. The van der Waals surface area contributed by atoms with Gasteiger partial charge in [0.25, 0.3) is 0 Å². The van der Waals surface area contributed by atoms with Crippen molar-refractivity contribution < 1.29 is 0 Å². The maximum absolute atomic E-state index is 4.88. The molecule has 4 aromatic rings. The van der Waals surface area contributed by atoms with Gasteiger partial charge in [-0.25, -0.2) is 0 Å². The number of nitrogens with zero attached hydrogens (tertiary/aromatic N) is 2. The van der Waals surface area contributed by atoms with Gasteiger partial charge in [-0.2, -0.15) is 0 Å². The van der Waals surface area contributed by atoms with Crippen LogP contribution in [0.5, 0.6) is 0 Å². The van der Waals surface area contributed by atoms with Crippen molar-refractivity contribution in [2.24, 2.45) is 0 Å². The minimum atomic E-state index is 0.187. The fourth-order valence-electron chi connectivity index (χ4n) is 2.48. The molecule has 4 heteroatoms. The molecule has 23 heavy (non-hydrogen) atoms. The first-order chi connectivity index (χ1) is 11.3. The molecule has 112 valence electrons. The number of aromatic nitrogens is 2. The fraction of sp³-hybridized carbons (Fsp3) is 0. The zero-order valence-electron chi connectivity index (χ0n) is 12.2. The summed E-state index contributed by atoms with van der Waals surface area (Å²) in [5.41, 5.74) is 3.23. The first-order valence-corrected chi connectivity index (χ1v) is 9.78. The summed E-state index contributed by atoms with van der Waals surface area (Å²) in [7, 11) is 0. The molecule has 0 saturated heterocycles. The summed E-state index contributed by atoms with van der Waals surface area (Å²) in [6.45, 7) is 0. The second kappa shape index (κ2) is 6.32. The van der Waals surface area contributed by atoms with E-state index < -0.39 is 0 Å². The molecule has 0 saturated carbocycles. The zero-order valence-corrected chi connectivity index (χ0v) is 15.5. The molecule has 0 bridgehead atoms. The van der Waals surface area contributed by atoms with Crippen LogP contribution in [0.3, 0.4) is 0 Å². The molecular weight excluding hydrogens is 415 g/mol. The molecular formula is C19H13BrN2Se. The molecule has 0 amide bonds. The summed E-state index contributed by atoms with van der Waals surface area (Å²) in [6, 6.07) is 25.1. The molecule has 0 spiro atoms. The van der Waals surface area contributed by atoms with Gasteiger partial charge in [0.15, 0.2) is 0 Å². The van der Waals surface area contributed by atoms with Crippen LogP contribution in [0.4, 0.5) is 0 Å². The number of imidazole rings is 1. The summed E-state index contributed by atoms with van der Waals surface area (Å²) in [5.74, 6) is 0. The van der Waals surface area contributed by atoms with Crippen LogP contribution < -0.4 is 9.05 Å². The van der Waals surface area contributed by atoms with Crippen molar-refractivity contribution in [3.05, 3.63) is 83.5 Å². The number of benzene rings is 2. The molecule has 2 nitrogen and oxygen atoms in total. The third-order valence-electron chi connectivity index (χ3n) is 3.54. The molecule has 0 aliphatic carbocycles. The van der Waals surface area contributed by atoms with E-state index in [2.05, 4.69) is 87.2 Å². The van der Waals surface area contributed by atoms with Gasteiger partial charge >= 0.3 is 150 Å². The molecule has 4 rings (SSSR count). The van der Waals surface area contributed by atoms with Crippen molar-refractivity contribution >= 4 is 45.6 Å². The second-order valence-electron chi connectivity index (χ2n) is 5.12. The van der Waals surface area contributed by atoms with E-state index >= 15 is 0 Å². The normalized spacial score (nSPS) is 11.0. The SMILES string of the molecule is Brc1ccc2nc(-c3ccccc3)c([Se]c3ccccc3)n2c1. The van der Waals surface area contributed by atoms with E-state index in [1.165, 1.54) is 14.6 Å². The van der Waals surface area contributed by atoms with Gasteiger partial charge in [0, 0.05) is 0 Å². The standard InChI is InChI=1S/C19H13BrN2Se/c20-15-11-12-17-21-18(14-7-3-1-4-8-14)19(22(17)13-15)23-16-9-5-2-6-10-16/h1-13H. The Kier molecular flexibility index (Phi) is 4.04. The number of rotatable bonds is 3. The first kappa shape index (κ1) is 14.7. The van der Waals surface area contributed by atoms with E-state index in [0.29, 0.717) is 0 Å². The maximum atomic E-state index is 4.88. The van der Waals surface area contributed by atoms with Crippen LogP contribution in [-0.2, 0) is 0 Å². The van der Waals surface area contributed by atoms with Gasteiger partial charge in [-0.1, -0.05) is 0 Å². The van der Waals surface area contributed by atoms with Crippen LogP contribution >= 0.6 is 15.9 Å². The minimum absolute atomic E-state index is 0.187. The van der Waals surface area contributed by atoms with E-state index in [1.807, 2.05) is 12.1 Å². The molecule has 0 N–H and O–H groups in total. The van der Waals surface area contributed by atoms with Crippen LogP contribution in [0, 0.1) is 0 Å². The quantitative estimate of drug-likeness (QED) is 0.458. The van der Waals surface area contributed by atoms with E-state index in [0.717, 1.165) is 15.8 Å². The Morgan fingerprint density at radius 1 is 0.826 bits per heavy atom. The van der Waals surface area contributed by atoms with Crippen molar-refractivity contribution in [1.82, 2.24) is 9.38 Å². The third kappa shape index (κ3) is 2.98. The van der Waals surface area contributed by atoms with Crippen LogP contribution in [0.25, 0.3) is 16.9 Å². The van der Waals surface area contributed by atoms with Gasteiger partial charge in [-0.15, -0.1) is 0 Å². The van der Waals surface area contributed by atoms with Gasteiger partial charge in [-0.05, 0) is 0 Å². The van der Waals surface area contributed by atoms with Crippen molar-refractivity contribution in [1.29, 1.82) is 0 Å². The van der Waals surface area contributed by atoms with E-state index in [-0.39, 0.29) is 15.0 Å². The first-order valence-electron chi connectivity index (χ1n) is 7.27. The molecule has 0 unspecified atom stereocenters. The van der Waals surface area contributed by atoms with E-state index in [4.69, 9.17) is 4.98 Å². The molecule has 2 heterocycles. The second-order valence-corrected chi connectivity index (χ2v) is 8.27. The molecule has 0 aliphatic rings. The van der Waals surface area contributed by atoms with Gasteiger partial charge in [-0.3, -0.25) is 0 Å².